The summed E-state index contributed by atoms with van der Waals surface area (Å²) in [5.41, 5.74) is 7.10. The number of nitrogens with two attached hydrogens (primary N) is 1. The van der Waals surface area contributed by atoms with E-state index < -0.39 is 0 Å². The van der Waals surface area contributed by atoms with Crippen molar-refractivity contribution < 1.29 is 4.79 Å². The smallest absolute Gasteiger partial charge is 0.276 e. The fraction of sp³-hybridized carbons (Fsp3) is 0.429. The van der Waals surface area contributed by atoms with Crippen LogP contribution < -0.4 is 5.73 Å². The molecule has 0 saturated heterocycles. The fourth-order valence-corrected chi connectivity index (χ4v) is 3.86. The fourth-order valence-electron chi connectivity index (χ4n) is 2.71. The number of aryl methyl sites for hydroxylation is 2. The number of carbonyl (C=O) groups is 1. The van der Waals surface area contributed by atoms with Crippen LogP contribution in [-0.4, -0.2) is 32.8 Å². The molecule has 2 aromatic rings. The number of hydrogen-bond acceptors (Lipinski definition) is 6. The molecule has 0 unspecified atom stereocenters. The molecule has 0 aliphatic heterocycles. The second kappa shape index (κ2) is 5.40. The minimum Gasteiger partial charge on any atom is -0.382 e. The molecule has 1 aliphatic carbocycles. The highest BCUT2D eigenvalue weighted by Gasteiger charge is 2.31. The first-order chi connectivity index (χ1) is 10.1. The molecule has 21 heavy (non-hydrogen) atoms. The topological polar surface area (TPSA) is 85.0 Å². The molecule has 0 bridgehead atoms. The number of nitrogens with zero attached hydrogens (tertiary/aromatic N) is 4. The Morgan fingerprint density at radius 3 is 2.95 bits per heavy atom. The van der Waals surface area contributed by atoms with E-state index in [1.165, 1.54) is 17.3 Å². The Morgan fingerprint density at radius 1 is 1.43 bits per heavy atom. The minimum atomic E-state index is -0.190. The molecular formula is C14H17N5OS. The Balaban J connectivity index is 1.91. The van der Waals surface area contributed by atoms with E-state index in [4.69, 9.17) is 5.73 Å². The molecule has 1 atom stereocenters. The lowest BCUT2D eigenvalue weighted by Gasteiger charge is -2.30. The zero-order chi connectivity index (χ0) is 15.0. The van der Waals surface area contributed by atoms with Crippen LogP contribution in [0.15, 0.2) is 12.4 Å². The van der Waals surface area contributed by atoms with Crippen LogP contribution in [0.5, 0.6) is 0 Å². The van der Waals surface area contributed by atoms with Gasteiger partial charge >= 0.3 is 0 Å². The van der Waals surface area contributed by atoms with E-state index in [0.29, 0.717) is 0 Å². The second-order valence-corrected chi connectivity index (χ2v) is 6.39. The zero-order valence-corrected chi connectivity index (χ0v) is 12.9. The molecule has 0 saturated carbocycles. The number of rotatable bonds is 2. The van der Waals surface area contributed by atoms with Crippen molar-refractivity contribution >= 4 is 23.1 Å². The molecule has 0 radical (unpaired) electrons. The van der Waals surface area contributed by atoms with Crippen LogP contribution in [0.4, 0.5) is 5.82 Å². The van der Waals surface area contributed by atoms with E-state index in [1.54, 1.807) is 23.3 Å². The van der Waals surface area contributed by atoms with Crippen LogP contribution >= 0.6 is 11.3 Å². The summed E-state index contributed by atoms with van der Waals surface area (Å²) >= 11 is 1.67. The van der Waals surface area contributed by atoms with Gasteiger partial charge in [-0.15, -0.1) is 11.3 Å². The SMILES string of the molecule is Cc1nc2c(s1)[C@@H](N(C)C(=O)c1nccnc1N)CCC2. The van der Waals surface area contributed by atoms with Crippen molar-refractivity contribution in [1.29, 1.82) is 0 Å². The molecule has 2 N–H and O–H groups in total. The molecule has 0 aromatic carbocycles. The summed E-state index contributed by atoms with van der Waals surface area (Å²) in [6.45, 7) is 2.00. The van der Waals surface area contributed by atoms with Crippen LogP contribution in [-0.2, 0) is 6.42 Å². The monoisotopic (exact) mass is 303 g/mol. The first kappa shape index (κ1) is 13.9. The molecule has 0 spiro atoms. The van der Waals surface area contributed by atoms with Crippen LogP contribution in [0.2, 0.25) is 0 Å². The normalized spacial score (nSPS) is 17.3. The second-order valence-electron chi connectivity index (χ2n) is 5.16. The van der Waals surface area contributed by atoms with Gasteiger partial charge < -0.3 is 10.6 Å². The van der Waals surface area contributed by atoms with Crippen LogP contribution in [0, 0.1) is 6.92 Å². The lowest BCUT2D eigenvalue weighted by molar-refractivity contribution is 0.0713. The first-order valence-electron chi connectivity index (χ1n) is 6.87. The maximum Gasteiger partial charge on any atom is 0.276 e. The number of fused-ring (bicyclic) bond motifs is 1. The number of nitrogen functional groups attached to an aromatic ring is 1. The van der Waals surface area contributed by atoms with Crippen LogP contribution in [0.25, 0.3) is 0 Å². The summed E-state index contributed by atoms with van der Waals surface area (Å²) in [6.07, 6.45) is 5.94. The zero-order valence-electron chi connectivity index (χ0n) is 12.0. The van der Waals surface area contributed by atoms with E-state index in [1.807, 2.05) is 6.92 Å². The molecule has 3 rings (SSSR count). The van der Waals surface area contributed by atoms with Gasteiger partial charge in [0, 0.05) is 19.4 Å². The highest BCUT2D eigenvalue weighted by molar-refractivity contribution is 7.11. The van der Waals surface area contributed by atoms with Crippen molar-refractivity contribution in [3.63, 3.8) is 0 Å². The summed E-state index contributed by atoms with van der Waals surface area (Å²) in [4.78, 5) is 28.1. The number of hydrogen-bond donors (Lipinski definition) is 1. The van der Waals surface area contributed by atoms with Gasteiger partial charge in [0.1, 0.15) is 0 Å². The number of amides is 1. The van der Waals surface area contributed by atoms with Gasteiger partial charge in [-0.2, -0.15) is 0 Å². The Kier molecular flexibility index (Phi) is 3.59. The van der Waals surface area contributed by atoms with Gasteiger partial charge in [0.2, 0.25) is 0 Å². The van der Waals surface area contributed by atoms with Crippen molar-refractivity contribution in [2.45, 2.75) is 32.2 Å². The molecule has 7 heteroatoms. The number of carbonyl (C=O) groups excluding carboxylic acids is 1. The van der Waals surface area contributed by atoms with Crippen LogP contribution in [0.3, 0.4) is 0 Å². The molecule has 6 nitrogen and oxygen atoms in total. The van der Waals surface area contributed by atoms with Crippen molar-refractivity contribution in [3.05, 3.63) is 33.7 Å². The summed E-state index contributed by atoms with van der Waals surface area (Å²) in [7, 11) is 1.80. The Bertz CT molecular complexity index is 684. The highest BCUT2D eigenvalue weighted by Crippen LogP contribution is 2.37. The lowest BCUT2D eigenvalue weighted by Crippen LogP contribution is -2.34. The first-order valence-corrected chi connectivity index (χ1v) is 7.69. The minimum absolute atomic E-state index is 0.0499. The largest absolute Gasteiger partial charge is 0.382 e. The molecular weight excluding hydrogens is 286 g/mol. The third kappa shape index (κ3) is 2.49. The molecule has 1 aliphatic rings. The Labute approximate surface area is 127 Å². The molecule has 2 aromatic heterocycles. The van der Waals surface area contributed by atoms with E-state index in [-0.39, 0.29) is 23.5 Å². The van der Waals surface area contributed by atoms with Gasteiger partial charge in [-0.25, -0.2) is 15.0 Å². The van der Waals surface area contributed by atoms with Crippen molar-refractivity contribution in [3.8, 4) is 0 Å². The predicted molar refractivity (Wildman–Crippen MR) is 81.1 cm³/mol. The maximum atomic E-state index is 12.6. The number of aromatic nitrogens is 3. The standard InChI is InChI=1S/C14H17N5OS/c1-8-18-9-4-3-5-10(12(9)21-8)19(2)14(20)11-13(15)17-7-6-16-11/h6-7,10H,3-5H2,1-2H3,(H2,15,17)/t10-/m0/s1. The van der Waals surface area contributed by atoms with E-state index in [0.717, 1.165) is 30.0 Å². The van der Waals surface area contributed by atoms with Gasteiger partial charge in [-0.3, -0.25) is 4.79 Å². The summed E-state index contributed by atoms with van der Waals surface area (Å²) < 4.78 is 0. The molecule has 1 amide bonds. The summed E-state index contributed by atoms with van der Waals surface area (Å²) in [5, 5.41) is 1.05. The van der Waals surface area contributed by atoms with Crippen molar-refractivity contribution in [2.24, 2.45) is 0 Å². The van der Waals surface area contributed by atoms with E-state index >= 15 is 0 Å². The molecule has 2 heterocycles. The van der Waals surface area contributed by atoms with Gasteiger partial charge in [-0.1, -0.05) is 0 Å². The lowest BCUT2D eigenvalue weighted by atomic mass is 9.97. The highest BCUT2D eigenvalue weighted by atomic mass is 32.1. The Morgan fingerprint density at radius 2 is 2.19 bits per heavy atom. The van der Waals surface area contributed by atoms with Gasteiger partial charge in [0.15, 0.2) is 11.5 Å². The molecule has 0 fully saturated rings. The Hall–Kier alpha value is -2.02. The van der Waals surface area contributed by atoms with Crippen molar-refractivity contribution in [1.82, 2.24) is 19.9 Å². The maximum absolute atomic E-state index is 12.6. The quantitative estimate of drug-likeness (QED) is 0.917. The van der Waals surface area contributed by atoms with Gasteiger partial charge in [0.05, 0.1) is 21.6 Å². The average molecular weight is 303 g/mol. The van der Waals surface area contributed by atoms with E-state index in [9.17, 15) is 4.79 Å². The average Bonchev–Trinajstić information content (AvgIpc) is 2.86. The third-order valence-electron chi connectivity index (χ3n) is 3.75. The summed E-state index contributed by atoms with van der Waals surface area (Å²) in [6, 6.07) is 0.0499. The van der Waals surface area contributed by atoms with Crippen LogP contribution in [0.1, 0.15) is 45.0 Å². The van der Waals surface area contributed by atoms with Gasteiger partial charge in [-0.05, 0) is 26.2 Å². The summed E-state index contributed by atoms with van der Waals surface area (Å²) in [5.74, 6) is -0.0182. The third-order valence-corrected chi connectivity index (χ3v) is 4.86. The molecule has 110 valence electrons. The number of thiazole rings is 1. The van der Waals surface area contributed by atoms with E-state index in [2.05, 4.69) is 15.0 Å². The number of anilines is 1. The predicted octanol–water partition coefficient (Wildman–Crippen LogP) is 1.97. The van der Waals surface area contributed by atoms with Crippen molar-refractivity contribution in [2.75, 3.05) is 12.8 Å². The van der Waals surface area contributed by atoms with Gasteiger partial charge in [0.25, 0.3) is 5.91 Å².